The third kappa shape index (κ3) is 3.33. The summed E-state index contributed by atoms with van der Waals surface area (Å²) in [5, 5.41) is 0.894. The van der Waals surface area contributed by atoms with E-state index in [1.165, 1.54) is 0 Å². The maximum absolute atomic E-state index is 6.32. The lowest BCUT2D eigenvalue weighted by atomic mass is 9.81. The Hall–Kier alpha value is -0.440. The van der Waals surface area contributed by atoms with Crippen molar-refractivity contribution in [2.45, 2.75) is 46.5 Å². The smallest absolute Gasteiger partial charge is 0.127 e. The molecule has 1 unspecified atom stereocenters. The third-order valence-corrected chi connectivity index (χ3v) is 5.22. The minimum absolute atomic E-state index is 0.125. The summed E-state index contributed by atoms with van der Waals surface area (Å²) in [4.78, 5) is 4.65. The van der Waals surface area contributed by atoms with Crippen molar-refractivity contribution in [3.05, 3.63) is 28.0 Å². The van der Waals surface area contributed by atoms with Crippen LogP contribution in [0.3, 0.4) is 0 Å². The van der Waals surface area contributed by atoms with Gasteiger partial charge < -0.3 is 4.57 Å². The van der Waals surface area contributed by atoms with Crippen LogP contribution in [-0.2, 0) is 6.54 Å². The number of aromatic nitrogens is 2. The largest absolute Gasteiger partial charge is 0.326 e. The van der Waals surface area contributed by atoms with Crippen molar-refractivity contribution >= 4 is 45.8 Å². The van der Waals surface area contributed by atoms with E-state index in [1.54, 1.807) is 6.07 Å². The summed E-state index contributed by atoms with van der Waals surface area (Å²) in [6.07, 6.45) is 0. The minimum Gasteiger partial charge on any atom is -0.326 e. The number of hydrogen-bond donors (Lipinski definition) is 0. The predicted molar refractivity (Wildman–Crippen MR) is 92.6 cm³/mol. The van der Waals surface area contributed by atoms with Gasteiger partial charge in [-0.1, -0.05) is 50.9 Å². The zero-order chi connectivity index (χ0) is 15.9. The summed E-state index contributed by atoms with van der Waals surface area (Å²) in [6, 6.07) is 3.69. The monoisotopic (exact) mass is 346 g/mol. The summed E-state index contributed by atoms with van der Waals surface area (Å²) < 4.78 is 2.18. The topological polar surface area (TPSA) is 17.8 Å². The van der Waals surface area contributed by atoms with E-state index in [0.29, 0.717) is 16.0 Å². The Morgan fingerprint density at radius 2 is 1.71 bits per heavy atom. The molecule has 0 bridgehead atoms. The summed E-state index contributed by atoms with van der Waals surface area (Å²) in [7, 11) is 0. The van der Waals surface area contributed by atoms with E-state index in [4.69, 9.17) is 34.8 Å². The van der Waals surface area contributed by atoms with Gasteiger partial charge in [0.15, 0.2) is 0 Å². The number of imidazole rings is 1. The second kappa shape index (κ2) is 5.98. The maximum atomic E-state index is 6.32. The van der Waals surface area contributed by atoms with E-state index < -0.39 is 0 Å². The first kappa shape index (κ1) is 16.9. The molecule has 2 nitrogen and oxygen atoms in total. The van der Waals surface area contributed by atoms with Gasteiger partial charge in [-0.2, -0.15) is 0 Å². The number of benzene rings is 1. The van der Waals surface area contributed by atoms with Crippen LogP contribution < -0.4 is 0 Å². The third-order valence-electron chi connectivity index (χ3n) is 4.30. The van der Waals surface area contributed by atoms with Gasteiger partial charge >= 0.3 is 0 Å². The molecule has 116 valence electrons. The highest BCUT2D eigenvalue weighted by atomic mass is 35.5. The standard InChI is InChI=1S/C16H21Cl3N2/c1-9(2)16(4,5)8-21-14-7-12(19)11(18)6-13(14)20-15(21)10(3)17/h6-7,9-10H,8H2,1-5H3. The molecule has 0 N–H and O–H groups in total. The highest BCUT2D eigenvalue weighted by Gasteiger charge is 2.26. The Labute approximate surface area is 141 Å². The molecular formula is C16H21Cl3N2. The van der Waals surface area contributed by atoms with Gasteiger partial charge in [0.05, 0.1) is 26.5 Å². The lowest BCUT2D eigenvalue weighted by molar-refractivity contribution is 0.210. The van der Waals surface area contributed by atoms with Crippen LogP contribution in [0.1, 0.15) is 45.8 Å². The fraction of sp³-hybridized carbons (Fsp3) is 0.562. The van der Waals surface area contributed by atoms with Crippen molar-refractivity contribution in [3.8, 4) is 0 Å². The van der Waals surface area contributed by atoms with Crippen LogP contribution >= 0.6 is 34.8 Å². The fourth-order valence-corrected chi connectivity index (χ4v) is 2.68. The summed E-state index contributed by atoms with van der Waals surface area (Å²) >= 11 is 18.6. The Kier molecular flexibility index (Phi) is 4.82. The quantitative estimate of drug-likeness (QED) is 0.591. The summed E-state index contributed by atoms with van der Waals surface area (Å²) in [5.41, 5.74) is 1.95. The zero-order valence-corrected chi connectivity index (χ0v) is 15.3. The minimum atomic E-state index is -0.169. The normalized spacial score (nSPS) is 14.1. The van der Waals surface area contributed by atoms with Crippen molar-refractivity contribution in [1.29, 1.82) is 0 Å². The van der Waals surface area contributed by atoms with Crippen LogP contribution in [0.2, 0.25) is 10.0 Å². The number of rotatable bonds is 4. The molecule has 0 saturated heterocycles. The van der Waals surface area contributed by atoms with Crippen molar-refractivity contribution < 1.29 is 0 Å². The molecule has 0 aliphatic heterocycles. The average molecular weight is 348 g/mol. The molecule has 1 aromatic heterocycles. The lowest BCUT2D eigenvalue weighted by Gasteiger charge is -2.31. The highest BCUT2D eigenvalue weighted by Crippen LogP contribution is 2.35. The molecule has 1 heterocycles. The average Bonchev–Trinajstić information content (AvgIpc) is 2.68. The van der Waals surface area contributed by atoms with Crippen molar-refractivity contribution in [2.24, 2.45) is 11.3 Å². The molecule has 5 heteroatoms. The number of fused-ring (bicyclic) bond motifs is 1. The first-order valence-corrected chi connectivity index (χ1v) is 8.32. The number of nitrogens with zero attached hydrogens (tertiary/aromatic N) is 2. The van der Waals surface area contributed by atoms with Crippen LogP contribution in [0.5, 0.6) is 0 Å². The Balaban J connectivity index is 2.64. The highest BCUT2D eigenvalue weighted by molar-refractivity contribution is 6.42. The van der Waals surface area contributed by atoms with Crippen LogP contribution in [0.15, 0.2) is 12.1 Å². The van der Waals surface area contributed by atoms with Crippen LogP contribution in [0.4, 0.5) is 0 Å². The van der Waals surface area contributed by atoms with Crippen molar-refractivity contribution in [2.75, 3.05) is 0 Å². The Morgan fingerprint density at radius 1 is 1.14 bits per heavy atom. The zero-order valence-electron chi connectivity index (χ0n) is 13.0. The van der Waals surface area contributed by atoms with Gasteiger partial charge in [-0.05, 0) is 30.4 Å². The van der Waals surface area contributed by atoms with E-state index in [0.717, 1.165) is 23.4 Å². The van der Waals surface area contributed by atoms with Crippen molar-refractivity contribution in [3.63, 3.8) is 0 Å². The van der Waals surface area contributed by atoms with Gasteiger partial charge in [-0.15, -0.1) is 11.6 Å². The second-order valence-electron chi connectivity index (χ2n) is 6.57. The molecule has 0 spiro atoms. The van der Waals surface area contributed by atoms with Gasteiger partial charge in [0.2, 0.25) is 0 Å². The molecule has 0 radical (unpaired) electrons. The number of hydrogen-bond acceptors (Lipinski definition) is 1. The van der Waals surface area contributed by atoms with Crippen LogP contribution in [-0.4, -0.2) is 9.55 Å². The van der Waals surface area contributed by atoms with Crippen LogP contribution in [0.25, 0.3) is 11.0 Å². The van der Waals surface area contributed by atoms with E-state index in [2.05, 4.69) is 37.2 Å². The second-order valence-corrected chi connectivity index (χ2v) is 8.04. The first-order valence-electron chi connectivity index (χ1n) is 7.12. The predicted octanol–water partition coefficient (Wildman–Crippen LogP) is 6.33. The van der Waals surface area contributed by atoms with E-state index in [-0.39, 0.29) is 10.8 Å². The summed E-state index contributed by atoms with van der Waals surface area (Å²) in [5.74, 6) is 1.40. The van der Waals surface area contributed by atoms with Gasteiger partial charge in [-0.3, -0.25) is 0 Å². The SMILES string of the molecule is CC(Cl)c1nc2cc(Cl)c(Cl)cc2n1CC(C)(C)C(C)C. The first-order chi connectivity index (χ1) is 9.63. The molecule has 1 aromatic carbocycles. The van der Waals surface area contributed by atoms with Crippen molar-refractivity contribution in [1.82, 2.24) is 9.55 Å². The molecule has 0 aliphatic carbocycles. The van der Waals surface area contributed by atoms with Gasteiger partial charge in [0.1, 0.15) is 5.82 Å². The molecule has 21 heavy (non-hydrogen) atoms. The molecule has 0 amide bonds. The number of alkyl halides is 1. The van der Waals surface area contributed by atoms with Gasteiger partial charge in [0.25, 0.3) is 0 Å². The molecular weight excluding hydrogens is 327 g/mol. The molecule has 1 atom stereocenters. The van der Waals surface area contributed by atoms with E-state index in [9.17, 15) is 0 Å². The molecule has 2 rings (SSSR count). The van der Waals surface area contributed by atoms with Gasteiger partial charge in [0, 0.05) is 6.54 Å². The van der Waals surface area contributed by atoms with Gasteiger partial charge in [-0.25, -0.2) is 4.98 Å². The molecule has 2 aromatic rings. The molecule has 0 fully saturated rings. The lowest BCUT2D eigenvalue weighted by Crippen LogP contribution is -2.26. The fourth-order valence-electron chi connectivity index (χ4n) is 2.20. The van der Waals surface area contributed by atoms with E-state index >= 15 is 0 Å². The summed E-state index contributed by atoms with van der Waals surface area (Å²) in [6.45, 7) is 11.7. The number of halogens is 3. The Morgan fingerprint density at radius 3 is 2.24 bits per heavy atom. The Bertz CT molecular complexity index is 657. The van der Waals surface area contributed by atoms with E-state index in [1.807, 2.05) is 13.0 Å². The molecule has 0 aliphatic rings. The molecule has 0 saturated carbocycles. The maximum Gasteiger partial charge on any atom is 0.127 e. The van der Waals surface area contributed by atoms with Crippen LogP contribution in [0, 0.1) is 11.3 Å².